The third-order valence-corrected chi connectivity index (χ3v) is 2.37. The van der Waals surface area contributed by atoms with Gasteiger partial charge >= 0.3 is 5.97 Å². The number of hydrogen-bond acceptors (Lipinski definition) is 3. The normalized spacial score (nSPS) is 9.62. The number of hydrogen-bond donors (Lipinski definition) is 2. The monoisotopic (exact) mass is 285 g/mol. The van der Waals surface area contributed by atoms with E-state index in [0.717, 1.165) is 10.2 Å². The lowest BCUT2D eigenvalue weighted by atomic mass is 10.2. The first-order valence-corrected chi connectivity index (χ1v) is 5.31. The summed E-state index contributed by atoms with van der Waals surface area (Å²) in [5.41, 5.74) is 0.882. The number of methoxy groups -OCH3 is 1. The van der Waals surface area contributed by atoms with Gasteiger partial charge in [-0.25, -0.2) is 4.79 Å². The molecule has 0 bridgehead atoms. The van der Waals surface area contributed by atoms with E-state index in [9.17, 15) is 4.79 Å². The predicted octanol–water partition coefficient (Wildman–Crippen LogP) is 2.51. The Kier molecular flexibility index (Phi) is 4.37. The van der Waals surface area contributed by atoms with Crippen molar-refractivity contribution >= 4 is 27.6 Å². The summed E-state index contributed by atoms with van der Waals surface area (Å²) >= 11 is 3.33. The van der Waals surface area contributed by atoms with Crippen molar-refractivity contribution in [1.29, 1.82) is 0 Å². The minimum atomic E-state index is -1.01. The fraction of sp³-hybridized carbons (Fsp3) is 0.182. The first-order valence-electron chi connectivity index (χ1n) is 4.52. The highest BCUT2D eigenvalue weighted by molar-refractivity contribution is 9.10. The Morgan fingerprint density at radius 1 is 1.56 bits per heavy atom. The molecule has 0 aliphatic carbocycles. The Bertz CT molecular complexity index is 418. The molecule has 1 aromatic rings. The first kappa shape index (κ1) is 12.6. The molecule has 0 amide bonds. The van der Waals surface area contributed by atoms with Crippen LogP contribution in [0.25, 0.3) is 0 Å². The van der Waals surface area contributed by atoms with Crippen LogP contribution in [-0.2, 0) is 4.79 Å². The van der Waals surface area contributed by atoms with E-state index in [-0.39, 0.29) is 12.1 Å². The van der Waals surface area contributed by atoms with Gasteiger partial charge in [0.1, 0.15) is 5.75 Å². The van der Waals surface area contributed by atoms with Gasteiger partial charge in [0.05, 0.1) is 7.11 Å². The maximum absolute atomic E-state index is 10.5. The summed E-state index contributed by atoms with van der Waals surface area (Å²) in [4.78, 5) is 10.5. The van der Waals surface area contributed by atoms with Gasteiger partial charge in [0.25, 0.3) is 0 Å². The Labute approximate surface area is 102 Å². The molecule has 2 N–H and O–H groups in total. The summed E-state index contributed by atoms with van der Waals surface area (Å²) in [6.07, 6.45) is 0. The van der Waals surface area contributed by atoms with E-state index < -0.39 is 5.97 Å². The standard InChI is InChI=1S/C11H12BrNO3/c1-7(11(14)15)6-13-9-3-8(12)4-10(5-9)16-2/h3-5,13H,1,6H2,2H3,(H,14,15). The minimum Gasteiger partial charge on any atom is -0.497 e. The molecule has 5 heteroatoms. The van der Waals surface area contributed by atoms with Gasteiger partial charge in [-0.05, 0) is 12.1 Å². The zero-order valence-corrected chi connectivity index (χ0v) is 10.4. The summed E-state index contributed by atoms with van der Waals surface area (Å²) in [6.45, 7) is 3.62. The van der Waals surface area contributed by atoms with Crippen molar-refractivity contribution in [3.8, 4) is 5.75 Å². The molecule has 0 aliphatic heterocycles. The molecule has 86 valence electrons. The van der Waals surface area contributed by atoms with Gasteiger partial charge in [-0.3, -0.25) is 0 Å². The molecule has 0 atom stereocenters. The van der Waals surface area contributed by atoms with Crippen molar-refractivity contribution in [1.82, 2.24) is 0 Å². The van der Waals surface area contributed by atoms with Crippen LogP contribution >= 0.6 is 15.9 Å². The van der Waals surface area contributed by atoms with Crippen molar-refractivity contribution in [2.24, 2.45) is 0 Å². The zero-order valence-electron chi connectivity index (χ0n) is 8.79. The van der Waals surface area contributed by atoms with Gasteiger partial charge in [0.15, 0.2) is 0 Å². The van der Waals surface area contributed by atoms with Crippen molar-refractivity contribution in [2.75, 3.05) is 19.0 Å². The number of carbonyl (C=O) groups is 1. The van der Waals surface area contributed by atoms with Crippen molar-refractivity contribution in [3.05, 3.63) is 34.8 Å². The maximum atomic E-state index is 10.5. The van der Waals surface area contributed by atoms with Gasteiger partial charge in [-0.1, -0.05) is 22.5 Å². The third kappa shape index (κ3) is 3.58. The number of anilines is 1. The summed E-state index contributed by atoms with van der Waals surface area (Å²) in [5.74, 6) is -0.313. The zero-order chi connectivity index (χ0) is 12.1. The van der Waals surface area contributed by atoms with Crippen molar-refractivity contribution in [3.63, 3.8) is 0 Å². The number of nitrogens with one attached hydrogen (secondary N) is 1. The van der Waals surface area contributed by atoms with Crippen LogP contribution in [0.15, 0.2) is 34.8 Å². The van der Waals surface area contributed by atoms with Crippen LogP contribution in [0.4, 0.5) is 5.69 Å². The minimum absolute atomic E-state index is 0.110. The molecule has 16 heavy (non-hydrogen) atoms. The van der Waals surface area contributed by atoms with Crippen molar-refractivity contribution < 1.29 is 14.6 Å². The molecule has 4 nitrogen and oxygen atoms in total. The molecule has 0 radical (unpaired) electrons. The number of carboxylic acid groups (broad SMARTS) is 1. The number of aliphatic carboxylic acids is 1. The molecule has 0 heterocycles. The molecule has 0 aromatic heterocycles. The first-order chi connectivity index (χ1) is 7.52. The smallest absolute Gasteiger partial charge is 0.332 e. The molecule has 0 fully saturated rings. The SMILES string of the molecule is C=C(CNc1cc(Br)cc(OC)c1)C(=O)O. The van der Waals surface area contributed by atoms with Gasteiger partial charge in [0.2, 0.25) is 0 Å². The van der Waals surface area contributed by atoms with Gasteiger partial charge < -0.3 is 15.2 Å². The molecule has 0 saturated carbocycles. The Balaban J connectivity index is 2.70. The second-order valence-electron chi connectivity index (χ2n) is 3.14. The quantitative estimate of drug-likeness (QED) is 0.817. The van der Waals surface area contributed by atoms with E-state index in [0.29, 0.717) is 5.75 Å². The van der Waals surface area contributed by atoms with E-state index in [2.05, 4.69) is 27.8 Å². The van der Waals surface area contributed by atoms with Crippen LogP contribution in [0.2, 0.25) is 0 Å². The summed E-state index contributed by atoms with van der Waals surface area (Å²) in [7, 11) is 1.57. The molecule has 1 aromatic carbocycles. The summed E-state index contributed by atoms with van der Waals surface area (Å²) in [5, 5.41) is 11.6. The molecule has 0 spiro atoms. The van der Waals surface area contributed by atoms with Crippen LogP contribution in [0.1, 0.15) is 0 Å². The molecule has 1 rings (SSSR count). The lowest BCUT2D eigenvalue weighted by molar-refractivity contribution is -0.132. The number of benzene rings is 1. The molecule has 0 saturated heterocycles. The van der Waals surface area contributed by atoms with Crippen LogP contribution in [0.3, 0.4) is 0 Å². The highest BCUT2D eigenvalue weighted by atomic mass is 79.9. The fourth-order valence-electron chi connectivity index (χ4n) is 1.07. The van der Waals surface area contributed by atoms with E-state index >= 15 is 0 Å². The third-order valence-electron chi connectivity index (χ3n) is 1.92. The lowest BCUT2D eigenvalue weighted by Crippen LogP contribution is -2.11. The average molecular weight is 286 g/mol. The van der Waals surface area contributed by atoms with E-state index in [4.69, 9.17) is 9.84 Å². The van der Waals surface area contributed by atoms with Gasteiger partial charge in [-0.15, -0.1) is 0 Å². The molecule has 0 aliphatic rings. The maximum Gasteiger partial charge on any atom is 0.332 e. The largest absolute Gasteiger partial charge is 0.497 e. The van der Waals surface area contributed by atoms with Crippen LogP contribution in [0.5, 0.6) is 5.75 Å². The Morgan fingerprint density at radius 2 is 2.25 bits per heavy atom. The van der Waals surface area contributed by atoms with E-state index in [1.807, 2.05) is 12.1 Å². The number of carboxylic acids is 1. The number of halogens is 1. The Morgan fingerprint density at radius 3 is 2.81 bits per heavy atom. The fourth-order valence-corrected chi connectivity index (χ4v) is 1.54. The lowest BCUT2D eigenvalue weighted by Gasteiger charge is -2.08. The highest BCUT2D eigenvalue weighted by Crippen LogP contribution is 2.24. The molecular weight excluding hydrogens is 274 g/mol. The van der Waals surface area contributed by atoms with E-state index in [1.54, 1.807) is 13.2 Å². The van der Waals surface area contributed by atoms with Crippen LogP contribution in [-0.4, -0.2) is 24.7 Å². The predicted molar refractivity (Wildman–Crippen MR) is 66.0 cm³/mol. The summed E-state index contributed by atoms with van der Waals surface area (Å²) < 4.78 is 5.94. The van der Waals surface area contributed by atoms with Gasteiger partial charge in [-0.2, -0.15) is 0 Å². The average Bonchev–Trinajstić information content (AvgIpc) is 2.24. The number of rotatable bonds is 5. The summed E-state index contributed by atoms with van der Waals surface area (Å²) in [6, 6.07) is 5.43. The second kappa shape index (κ2) is 5.55. The second-order valence-corrected chi connectivity index (χ2v) is 4.06. The van der Waals surface area contributed by atoms with Crippen LogP contribution in [0, 0.1) is 0 Å². The topological polar surface area (TPSA) is 58.6 Å². The van der Waals surface area contributed by atoms with Gasteiger partial charge in [0, 0.05) is 28.3 Å². The van der Waals surface area contributed by atoms with E-state index in [1.165, 1.54) is 0 Å². The molecular formula is C11H12BrNO3. The highest BCUT2D eigenvalue weighted by Gasteiger charge is 2.04. The molecule has 0 unspecified atom stereocenters. The Hall–Kier alpha value is -1.49. The van der Waals surface area contributed by atoms with Crippen LogP contribution < -0.4 is 10.1 Å². The van der Waals surface area contributed by atoms with Crippen molar-refractivity contribution in [2.45, 2.75) is 0 Å². The number of ether oxygens (including phenoxy) is 1.